The minimum atomic E-state index is -1.49. The molecule has 0 spiro atoms. The third kappa shape index (κ3) is 1.83. The van der Waals surface area contributed by atoms with Gasteiger partial charge in [-0.3, -0.25) is 0 Å². The fraction of sp³-hybridized carbons (Fsp3) is 0.909. The van der Waals surface area contributed by atoms with Crippen LogP contribution in [0.1, 0.15) is 34.6 Å². The second-order valence-electron chi connectivity index (χ2n) is 5.05. The highest BCUT2D eigenvalue weighted by atomic mass is 16.8. The van der Waals surface area contributed by atoms with Gasteiger partial charge in [0.1, 0.15) is 11.7 Å². The van der Waals surface area contributed by atoms with E-state index in [1.165, 1.54) is 21.0 Å². The molecule has 1 aliphatic rings. The third-order valence-corrected chi connectivity index (χ3v) is 2.84. The summed E-state index contributed by atoms with van der Waals surface area (Å²) in [5, 5.41) is 10.2. The first kappa shape index (κ1) is 13.4. The van der Waals surface area contributed by atoms with Crippen LogP contribution in [0.5, 0.6) is 0 Å². The molecule has 0 aromatic heterocycles. The van der Waals surface area contributed by atoms with E-state index in [4.69, 9.17) is 14.2 Å². The molecule has 2 unspecified atom stereocenters. The molecule has 5 nitrogen and oxygen atoms in total. The lowest BCUT2D eigenvalue weighted by Gasteiger charge is -2.38. The minimum absolute atomic E-state index is 0.588. The van der Waals surface area contributed by atoms with Gasteiger partial charge >= 0.3 is 5.97 Å². The highest BCUT2D eigenvalue weighted by molar-refractivity contribution is 5.82. The molecule has 1 aliphatic heterocycles. The van der Waals surface area contributed by atoms with E-state index in [1.54, 1.807) is 20.8 Å². The molecular formula is C11H20O5. The fourth-order valence-corrected chi connectivity index (χ4v) is 2.23. The quantitative estimate of drug-likeness (QED) is 0.715. The highest BCUT2D eigenvalue weighted by Crippen LogP contribution is 2.43. The molecule has 0 bridgehead atoms. The Morgan fingerprint density at radius 1 is 1.44 bits per heavy atom. The molecule has 1 N–H and O–H groups in total. The Morgan fingerprint density at radius 2 is 1.94 bits per heavy atom. The zero-order valence-corrected chi connectivity index (χ0v) is 10.7. The fourth-order valence-electron chi connectivity index (χ4n) is 2.23. The molecule has 0 saturated carbocycles. The number of methoxy groups -OCH3 is 1. The van der Waals surface area contributed by atoms with E-state index in [9.17, 15) is 9.90 Å². The molecule has 0 aromatic rings. The molecule has 1 saturated heterocycles. The summed E-state index contributed by atoms with van der Waals surface area (Å²) >= 11 is 0. The molecule has 94 valence electrons. The van der Waals surface area contributed by atoms with Crippen molar-refractivity contribution in [2.45, 2.75) is 57.7 Å². The Balaban J connectivity index is 3.22. The Labute approximate surface area is 95.7 Å². The van der Waals surface area contributed by atoms with Gasteiger partial charge in [0.05, 0.1) is 7.11 Å². The zero-order chi connectivity index (χ0) is 12.8. The summed E-state index contributed by atoms with van der Waals surface area (Å²) in [5.74, 6) is -1.55. The van der Waals surface area contributed by atoms with Gasteiger partial charge in [0, 0.05) is 0 Å². The van der Waals surface area contributed by atoms with Crippen molar-refractivity contribution in [3.63, 3.8) is 0 Å². The standard InChI is InChI=1S/C11H20O5/c1-7-11(8(12)14-6,9(2,3)13)16-10(4,5)15-7/h7,13H,1-6H3. The second kappa shape index (κ2) is 3.68. The van der Waals surface area contributed by atoms with E-state index >= 15 is 0 Å². The number of rotatable bonds is 2. The van der Waals surface area contributed by atoms with Crippen LogP contribution in [0.4, 0.5) is 0 Å². The van der Waals surface area contributed by atoms with Gasteiger partial charge in [0.2, 0.25) is 5.60 Å². The maximum atomic E-state index is 11.9. The van der Waals surface area contributed by atoms with Crippen LogP contribution in [0.15, 0.2) is 0 Å². The lowest BCUT2D eigenvalue weighted by molar-refractivity contribution is -0.220. The predicted molar refractivity (Wildman–Crippen MR) is 56.8 cm³/mol. The minimum Gasteiger partial charge on any atom is -0.467 e. The summed E-state index contributed by atoms with van der Waals surface area (Å²) in [6.07, 6.45) is -0.588. The van der Waals surface area contributed by atoms with Gasteiger partial charge in [-0.1, -0.05) is 0 Å². The van der Waals surface area contributed by atoms with Crippen molar-refractivity contribution in [1.82, 2.24) is 0 Å². The Morgan fingerprint density at radius 3 is 2.19 bits per heavy atom. The Hall–Kier alpha value is -0.650. The lowest BCUT2D eigenvalue weighted by atomic mass is 9.81. The van der Waals surface area contributed by atoms with Crippen molar-refractivity contribution in [3.8, 4) is 0 Å². The van der Waals surface area contributed by atoms with Crippen LogP contribution in [0, 0.1) is 0 Å². The van der Waals surface area contributed by atoms with Crippen LogP contribution in [-0.2, 0) is 19.0 Å². The molecule has 1 rings (SSSR count). The van der Waals surface area contributed by atoms with E-state index in [2.05, 4.69) is 0 Å². The predicted octanol–water partition coefficient (Wildman–Crippen LogP) is 0.840. The molecule has 1 fully saturated rings. The molecule has 2 atom stereocenters. The van der Waals surface area contributed by atoms with Gasteiger partial charge in [-0.25, -0.2) is 4.79 Å². The van der Waals surface area contributed by atoms with Crippen molar-refractivity contribution in [2.75, 3.05) is 7.11 Å². The van der Waals surface area contributed by atoms with Gasteiger partial charge in [-0.2, -0.15) is 0 Å². The molecule has 5 heteroatoms. The first-order valence-electron chi connectivity index (χ1n) is 5.25. The van der Waals surface area contributed by atoms with Gasteiger partial charge in [-0.15, -0.1) is 0 Å². The number of hydrogen-bond acceptors (Lipinski definition) is 5. The first-order valence-corrected chi connectivity index (χ1v) is 5.25. The van der Waals surface area contributed by atoms with Crippen LogP contribution in [0.2, 0.25) is 0 Å². The number of hydrogen-bond donors (Lipinski definition) is 1. The lowest BCUT2D eigenvalue weighted by Crippen LogP contribution is -2.62. The monoisotopic (exact) mass is 232 g/mol. The van der Waals surface area contributed by atoms with Crippen LogP contribution < -0.4 is 0 Å². The van der Waals surface area contributed by atoms with Gasteiger partial charge < -0.3 is 19.3 Å². The van der Waals surface area contributed by atoms with Crippen molar-refractivity contribution in [1.29, 1.82) is 0 Å². The van der Waals surface area contributed by atoms with Gasteiger partial charge in [0.25, 0.3) is 0 Å². The third-order valence-electron chi connectivity index (χ3n) is 2.84. The average Bonchev–Trinajstić information content (AvgIpc) is 2.34. The van der Waals surface area contributed by atoms with Crippen LogP contribution in [-0.4, -0.2) is 41.3 Å². The number of ether oxygens (including phenoxy) is 3. The van der Waals surface area contributed by atoms with Gasteiger partial charge in [-0.05, 0) is 34.6 Å². The average molecular weight is 232 g/mol. The largest absolute Gasteiger partial charge is 0.467 e. The Bertz CT molecular complexity index is 291. The number of esters is 1. The second-order valence-corrected chi connectivity index (χ2v) is 5.05. The van der Waals surface area contributed by atoms with E-state index in [0.717, 1.165) is 0 Å². The number of carbonyl (C=O) groups is 1. The van der Waals surface area contributed by atoms with Crippen molar-refractivity contribution in [3.05, 3.63) is 0 Å². The topological polar surface area (TPSA) is 65.0 Å². The molecule has 0 aliphatic carbocycles. The number of carbonyl (C=O) groups excluding carboxylic acids is 1. The maximum absolute atomic E-state index is 11.9. The van der Waals surface area contributed by atoms with Crippen molar-refractivity contribution in [2.24, 2.45) is 0 Å². The summed E-state index contributed by atoms with van der Waals surface area (Å²) in [5.41, 5.74) is -2.89. The van der Waals surface area contributed by atoms with E-state index < -0.39 is 29.1 Å². The summed E-state index contributed by atoms with van der Waals surface area (Å²) in [6.45, 7) is 8.08. The smallest absolute Gasteiger partial charge is 0.344 e. The van der Waals surface area contributed by atoms with E-state index in [1.807, 2.05) is 0 Å². The summed E-state index contributed by atoms with van der Waals surface area (Å²) in [7, 11) is 1.26. The van der Waals surface area contributed by atoms with Crippen molar-refractivity contribution >= 4 is 5.97 Å². The molecule has 0 amide bonds. The maximum Gasteiger partial charge on any atom is 0.344 e. The summed E-state index contributed by atoms with van der Waals surface area (Å²) in [6, 6.07) is 0. The molecule has 0 radical (unpaired) electrons. The molecule has 16 heavy (non-hydrogen) atoms. The number of aliphatic hydroxyl groups is 1. The van der Waals surface area contributed by atoms with E-state index in [-0.39, 0.29) is 0 Å². The molecule has 0 aromatic carbocycles. The summed E-state index contributed by atoms with van der Waals surface area (Å²) in [4.78, 5) is 11.9. The van der Waals surface area contributed by atoms with Gasteiger partial charge in [0.15, 0.2) is 5.79 Å². The van der Waals surface area contributed by atoms with Crippen LogP contribution in [0.25, 0.3) is 0 Å². The van der Waals surface area contributed by atoms with E-state index in [0.29, 0.717) is 0 Å². The first-order chi connectivity index (χ1) is 7.07. The normalized spacial score (nSPS) is 33.8. The van der Waals surface area contributed by atoms with Crippen molar-refractivity contribution < 1.29 is 24.1 Å². The Kier molecular flexibility index (Phi) is 3.09. The summed E-state index contributed by atoms with van der Waals surface area (Å²) < 4.78 is 15.9. The molecule has 1 heterocycles. The molecular weight excluding hydrogens is 212 g/mol. The van der Waals surface area contributed by atoms with Crippen LogP contribution >= 0.6 is 0 Å². The SMILES string of the molecule is COC(=O)C1(C(C)(C)O)OC(C)(C)OC1C. The van der Waals surface area contributed by atoms with Crippen LogP contribution in [0.3, 0.4) is 0 Å². The zero-order valence-electron chi connectivity index (χ0n) is 10.7. The highest BCUT2D eigenvalue weighted by Gasteiger charge is 2.65.